The molecule has 1 unspecified atom stereocenters. The van der Waals surface area contributed by atoms with Gasteiger partial charge in [-0.3, -0.25) is 0 Å². The van der Waals surface area contributed by atoms with Crippen molar-refractivity contribution in [3.8, 4) is 0 Å². The number of nitrogens with one attached hydrogen (secondary N) is 2. The molecule has 2 aliphatic heterocycles. The molecule has 5 nitrogen and oxygen atoms in total. The number of hydrogen-bond acceptors (Lipinski definition) is 5. The number of aliphatic imine (C=N–C) groups is 1. The second-order valence-electron chi connectivity index (χ2n) is 5.94. The van der Waals surface area contributed by atoms with Crippen LogP contribution in [0, 0.1) is 11.7 Å². The van der Waals surface area contributed by atoms with Gasteiger partial charge in [0.1, 0.15) is 11.7 Å². The van der Waals surface area contributed by atoms with Crippen molar-refractivity contribution < 1.29 is 4.39 Å². The first-order valence-corrected chi connectivity index (χ1v) is 8.26. The zero-order valence-electron chi connectivity index (χ0n) is 13.2. The molecule has 0 bridgehead atoms. The van der Waals surface area contributed by atoms with Crippen molar-refractivity contribution in [1.82, 2.24) is 15.3 Å². The van der Waals surface area contributed by atoms with Gasteiger partial charge in [0.25, 0.3) is 0 Å². The molecule has 7 heteroatoms. The number of amidine groups is 1. The molecule has 2 aromatic rings. The van der Waals surface area contributed by atoms with Crippen LogP contribution in [-0.2, 0) is 6.42 Å². The molecular weight excluding hydrogens is 341 g/mol. The number of hydrogen-bond donors (Lipinski definition) is 2. The van der Waals surface area contributed by atoms with Crippen LogP contribution in [0.1, 0.15) is 12.0 Å². The lowest BCUT2D eigenvalue weighted by molar-refractivity contribution is 0.628. The summed E-state index contributed by atoms with van der Waals surface area (Å²) >= 11 is 6.12. The number of anilines is 2. The molecule has 0 fully saturated rings. The van der Waals surface area contributed by atoms with Crippen molar-refractivity contribution in [3.05, 3.63) is 71.0 Å². The Hall–Kier alpha value is -2.73. The van der Waals surface area contributed by atoms with E-state index >= 15 is 0 Å². The molecule has 0 radical (unpaired) electrons. The summed E-state index contributed by atoms with van der Waals surface area (Å²) in [5.74, 6) is 1.25. The van der Waals surface area contributed by atoms with Gasteiger partial charge < -0.3 is 10.6 Å². The highest BCUT2D eigenvalue weighted by molar-refractivity contribution is 6.30. The van der Waals surface area contributed by atoms with Crippen molar-refractivity contribution in [1.29, 1.82) is 0 Å². The van der Waals surface area contributed by atoms with Gasteiger partial charge in [0.05, 0.1) is 0 Å². The number of fused-ring (bicyclic) bond motifs is 1. The minimum Gasteiger partial charge on any atom is -0.348 e. The molecule has 2 N–H and O–H groups in total. The third-order valence-electron chi connectivity index (χ3n) is 4.12. The van der Waals surface area contributed by atoms with Crippen LogP contribution in [0.3, 0.4) is 0 Å². The molecule has 126 valence electrons. The summed E-state index contributed by atoms with van der Waals surface area (Å²) in [6, 6.07) is 6.18. The Morgan fingerprint density at radius 1 is 1.28 bits per heavy atom. The van der Waals surface area contributed by atoms with E-state index in [1.165, 1.54) is 17.7 Å². The highest BCUT2D eigenvalue weighted by Crippen LogP contribution is 2.31. The second-order valence-corrected chi connectivity index (χ2v) is 6.42. The minimum absolute atomic E-state index is 0.197. The topological polar surface area (TPSA) is 62.2 Å². The summed E-state index contributed by atoms with van der Waals surface area (Å²) in [6.07, 6.45) is 8.67. The van der Waals surface area contributed by atoms with Gasteiger partial charge in [-0.25, -0.2) is 19.4 Å². The first-order chi connectivity index (χ1) is 12.2. The number of benzene rings is 1. The zero-order valence-corrected chi connectivity index (χ0v) is 14.0. The lowest BCUT2D eigenvalue weighted by Crippen LogP contribution is -2.30. The van der Waals surface area contributed by atoms with Crippen molar-refractivity contribution in [2.45, 2.75) is 12.8 Å². The van der Waals surface area contributed by atoms with Gasteiger partial charge in [-0.2, -0.15) is 0 Å². The van der Waals surface area contributed by atoms with Crippen LogP contribution in [0.15, 0.2) is 64.7 Å². The normalized spacial score (nSPS) is 18.6. The number of nitrogens with zero attached hydrogens (tertiary/aromatic N) is 3. The quantitative estimate of drug-likeness (QED) is 0.873. The van der Waals surface area contributed by atoms with Crippen molar-refractivity contribution in [2.75, 3.05) is 5.32 Å². The molecule has 0 saturated heterocycles. The van der Waals surface area contributed by atoms with Gasteiger partial charge >= 0.3 is 0 Å². The SMILES string of the molecule is Fc1cccc(Nc2ncc(CC3=CN=C4NC=C(Cl)CC34)cn2)c1. The van der Waals surface area contributed by atoms with Gasteiger partial charge in [0.15, 0.2) is 0 Å². The molecule has 0 spiro atoms. The van der Waals surface area contributed by atoms with E-state index in [0.29, 0.717) is 18.1 Å². The van der Waals surface area contributed by atoms with Crippen molar-refractivity contribution >= 4 is 29.1 Å². The maximum Gasteiger partial charge on any atom is 0.227 e. The van der Waals surface area contributed by atoms with E-state index in [0.717, 1.165) is 22.9 Å². The Kier molecular flexibility index (Phi) is 4.19. The Bertz CT molecular complexity index is 889. The molecule has 1 atom stereocenters. The number of rotatable bonds is 4. The number of aromatic nitrogens is 2. The summed E-state index contributed by atoms with van der Waals surface area (Å²) in [5.41, 5.74) is 2.78. The number of halogens is 2. The second kappa shape index (κ2) is 6.64. The fourth-order valence-corrected chi connectivity index (χ4v) is 3.10. The van der Waals surface area contributed by atoms with Crippen LogP contribution >= 0.6 is 11.6 Å². The van der Waals surface area contributed by atoms with Crippen LogP contribution in [0.5, 0.6) is 0 Å². The average Bonchev–Trinajstić information content (AvgIpc) is 2.99. The standard InChI is InChI=1S/C18H15ClFN5/c19-13-5-16-12(9-21-17(16)22-10-13)4-11-7-23-18(24-8-11)25-15-3-1-2-14(20)6-15/h1-3,6-10,16H,4-5H2,(H,21,22)(H,23,24,25). The lowest BCUT2D eigenvalue weighted by Gasteiger charge is -2.21. The molecule has 3 heterocycles. The molecule has 1 aromatic carbocycles. The zero-order chi connectivity index (χ0) is 17.2. The minimum atomic E-state index is -0.306. The third kappa shape index (κ3) is 3.53. The molecule has 2 aliphatic rings. The van der Waals surface area contributed by atoms with Crippen LogP contribution in [-0.4, -0.2) is 15.8 Å². The Morgan fingerprint density at radius 3 is 2.92 bits per heavy atom. The summed E-state index contributed by atoms with van der Waals surface area (Å²) in [7, 11) is 0. The van der Waals surface area contributed by atoms with Crippen LogP contribution < -0.4 is 10.6 Å². The van der Waals surface area contributed by atoms with Crippen LogP contribution in [0.4, 0.5) is 16.0 Å². The maximum absolute atomic E-state index is 13.2. The van der Waals surface area contributed by atoms with Gasteiger partial charge in [0.2, 0.25) is 5.95 Å². The third-order valence-corrected chi connectivity index (χ3v) is 4.38. The highest BCUT2D eigenvalue weighted by atomic mass is 35.5. The van der Waals surface area contributed by atoms with Crippen molar-refractivity contribution in [2.24, 2.45) is 10.9 Å². The molecule has 0 aliphatic carbocycles. The summed E-state index contributed by atoms with van der Waals surface area (Å²) in [5, 5.41) is 6.90. The lowest BCUT2D eigenvalue weighted by atomic mass is 9.91. The Labute approximate surface area is 149 Å². The Morgan fingerprint density at radius 2 is 2.12 bits per heavy atom. The van der Waals surface area contributed by atoms with E-state index < -0.39 is 0 Å². The van der Waals surface area contributed by atoms with E-state index in [-0.39, 0.29) is 11.7 Å². The van der Waals surface area contributed by atoms with Crippen LogP contribution in [0.2, 0.25) is 0 Å². The predicted octanol–water partition coefficient (Wildman–Crippen LogP) is 3.89. The largest absolute Gasteiger partial charge is 0.348 e. The maximum atomic E-state index is 13.2. The smallest absolute Gasteiger partial charge is 0.227 e. The highest BCUT2D eigenvalue weighted by Gasteiger charge is 2.28. The van der Waals surface area contributed by atoms with Gasteiger partial charge in [-0.15, -0.1) is 0 Å². The van der Waals surface area contributed by atoms with E-state index in [1.807, 2.05) is 6.20 Å². The predicted molar refractivity (Wildman–Crippen MR) is 96.1 cm³/mol. The summed E-state index contributed by atoms with van der Waals surface area (Å²) < 4.78 is 13.2. The Balaban J connectivity index is 1.42. The van der Waals surface area contributed by atoms with Gasteiger partial charge in [0, 0.05) is 41.4 Å². The van der Waals surface area contributed by atoms with E-state index in [2.05, 4.69) is 25.6 Å². The molecule has 0 amide bonds. The van der Waals surface area contributed by atoms with E-state index in [4.69, 9.17) is 11.6 Å². The molecule has 4 rings (SSSR count). The van der Waals surface area contributed by atoms with Crippen LogP contribution in [0.25, 0.3) is 0 Å². The molecule has 0 saturated carbocycles. The van der Waals surface area contributed by atoms with E-state index in [9.17, 15) is 4.39 Å². The monoisotopic (exact) mass is 355 g/mol. The number of allylic oxidation sites excluding steroid dienone is 1. The van der Waals surface area contributed by atoms with Gasteiger partial charge in [-0.1, -0.05) is 17.7 Å². The fourth-order valence-electron chi connectivity index (χ4n) is 2.89. The average molecular weight is 356 g/mol. The fraction of sp³-hybridized carbons (Fsp3) is 0.167. The molecule has 1 aromatic heterocycles. The summed E-state index contributed by atoms with van der Waals surface area (Å²) in [4.78, 5) is 13.0. The first-order valence-electron chi connectivity index (χ1n) is 7.88. The summed E-state index contributed by atoms with van der Waals surface area (Å²) in [6.45, 7) is 0. The molecule has 25 heavy (non-hydrogen) atoms. The van der Waals surface area contributed by atoms with E-state index in [1.54, 1.807) is 30.7 Å². The van der Waals surface area contributed by atoms with Gasteiger partial charge in [-0.05, 0) is 42.2 Å². The molecular formula is C18H15ClFN5. The first kappa shape index (κ1) is 15.8. The van der Waals surface area contributed by atoms with Crippen molar-refractivity contribution in [3.63, 3.8) is 0 Å².